The molecule has 0 amide bonds. The summed E-state index contributed by atoms with van der Waals surface area (Å²) in [6.45, 7) is 2.24. The summed E-state index contributed by atoms with van der Waals surface area (Å²) >= 11 is 0. The minimum atomic E-state index is -0.405. The van der Waals surface area contributed by atoms with Gasteiger partial charge < -0.3 is 20.9 Å². The highest BCUT2D eigenvalue weighted by Gasteiger charge is 2.00. The number of hydrogen-bond donors (Lipinski definition) is 3. The molecule has 0 aromatic carbocycles. The number of nitrogens with one attached hydrogen (secondary N) is 1. The predicted molar refractivity (Wildman–Crippen MR) is 44.4 cm³/mol. The molecule has 68 valence electrons. The molecule has 0 aliphatic heterocycles. The van der Waals surface area contributed by atoms with Crippen molar-refractivity contribution in [3.05, 3.63) is 0 Å². The molecule has 11 heavy (non-hydrogen) atoms. The van der Waals surface area contributed by atoms with Gasteiger partial charge in [0.15, 0.2) is 0 Å². The normalized spacial score (nSPS) is 13.4. The molecule has 0 rings (SSSR count). The minimum Gasteiger partial charge on any atom is -0.389 e. The molecule has 1 unspecified atom stereocenters. The van der Waals surface area contributed by atoms with Gasteiger partial charge in [-0.15, -0.1) is 0 Å². The molecule has 0 aromatic heterocycles. The molecular formula is C7H18N2O2. The van der Waals surface area contributed by atoms with Crippen molar-refractivity contribution < 1.29 is 9.84 Å². The Balaban J connectivity index is 2.97. The number of rotatable bonds is 7. The Morgan fingerprint density at radius 2 is 2.36 bits per heavy atom. The maximum absolute atomic E-state index is 9.13. The second-order valence-corrected chi connectivity index (χ2v) is 2.43. The number of nitrogens with two attached hydrogens (primary N) is 1. The molecule has 0 aliphatic rings. The fourth-order valence-corrected chi connectivity index (χ4v) is 0.699. The molecule has 1 atom stereocenters. The first kappa shape index (κ1) is 10.8. The van der Waals surface area contributed by atoms with Crippen molar-refractivity contribution in [3.63, 3.8) is 0 Å². The zero-order valence-electron chi connectivity index (χ0n) is 7.05. The zero-order valence-corrected chi connectivity index (χ0v) is 7.05. The van der Waals surface area contributed by atoms with Crippen LogP contribution in [0.4, 0.5) is 0 Å². The minimum absolute atomic E-state index is 0.390. The van der Waals surface area contributed by atoms with Gasteiger partial charge in [-0.25, -0.2) is 0 Å². The highest BCUT2D eigenvalue weighted by atomic mass is 16.5. The number of hydrogen-bond acceptors (Lipinski definition) is 4. The lowest BCUT2D eigenvalue weighted by Gasteiger charge is -2.09. The van der Waals surface area contributed by atoms with Crippen LogP contribution in [0.5, 0.6) is 0 Å². The molecule has 0 aliphatic carbocycles. The highest BCUT2D eigenvalue weighted by Crippen LogP contribution is 1.85. The Kier molecular flexibility index (Phi) is 7.83. The summed E-state index contributed by atoms with van der Waals surface area (Å²) in [6, 6.07) is 0. The van der Waals surface area contributed by atoms with Crippen LogP contribution in [0.3, 0.4) is 0 Å². The van der Waals surface area contributed by atoms with Crippen LogP contribution < -0.4 is 11.1 Å². The predicted octanol–water partition coefficient (Wildman–Crippen LogP) is -1.07. The van der Waals surface area contributed by atoms with Crippen molar-refractivity contribution in [2.24, 2.45) is 5.73 Å². The average Bonchev–Trinajstić information content (AvgIpc) is 1.99. The lowest BCUT2D eigenvalue weighted by molar-refractivity contribution is 0.0377. The summed E-state index contributed by atoms with van der Waals surface area (Å²) in [6.07, 6.45) is 0.449. The van der Waals surface area contributed by atoms with Crippen molar-refractivity contribution in [3.8, 4) is 0 Å². The molecule has 0 spiro atoms. The van der Waals surface area contributed by atoms with E-state index in [2.05, 4.69) is 5.32 Å². The molecule has 0 aromatic rings. The first-order chi connectivity index (χ1) is 5.31. The van der Waals surface area contributed by atoms with E-state index in [-0.39, 0.29) is 0 Å². The lowest BCUT2D eigenvalue weighted by Crippen LogP contribution is -2.28. The summed E-state index contributed by atoms with van der Waals surface area (Å²) in [5, 5.41) is 12.0. The van der Waals surface area contributed by atoms with Gasteiger partial charge in [0, 0.05) is 13.2 Å². The third kappa shape index (κ3) is 7.74. The molecule has 0 bridgehead atoms. The third-order valence-corrected chi connectivity index (χ3v) is 1.24. The number of aliphatic hydroxyl groups excluding tert-OH is 1. The summed E-state index contributed by atoms with van der Waals surface area (Å²) in [5.74, 6) is 0. The molecule has 0 fully saturated rings. The molecule has 0 heterocycles. The second-order valence-electron chi connectivity index (χ2n) is 2.43. The maximum Gasteiger partial charge on any atom is 0.0897 e. The smallest absolute Gasteiger partial charge is 0.0897 e. The summed E-state index contributed by atoms with van der Waals surface area (Å²) in [4.78, 5) is 0. The van der Waals surface area contributed by atoms with Gasteiger partial charge in [0.2, 0.25) is 0 Å². The second kappa shape index (κ2) is 7.94. The van der Waals surface area contributed by atoms with Crippen molar-refractivity contribution >= 4 is 0 Å². The van der Waals surface area contributed by atoms with Gasteiger partial charge in [0.25, 0.3) is 0 Å². The fourth-order valence-electron chi connectivity index (χ4n) is 0.699. The van der Waals surface area contributed by atoms with Gasteiger partial charge in [0.1, 0.15) is 0 Å². The highest BCUT2D eigenvalue weighted by molar-refractivity contribution is 4.54. The SMILES string of the molecule is CNCC(O)COCCCN. The molecule has 0 saturated heterocycles. The van der Waals surface area contributed by atoms with Crippen molar-refractivity contribution in [2.75, 3.05) is 33.4 Å². The molecule has 4 heteroatoms. The Morgan fingerprint density at radius 1 is 1.64 bits per heavy atom. The standard InChI is InChI=1S/C7H18N2O2/c1-9-5-7(10)6-11-4-2-3-8/h7,9-10H,2-6,8H2,1H3. The van der Waals surface area contributed by atoms with Crippen LogP contribution in [0, 0.1) is 0 Å². The largest absolute Gasteiger partial charge is 0.389 e. The van der Waals surface area contributed by atoms with Gasteiger partial charge in [-0.05, 0) is 20.0 Å². The van der Waals surface area contributed by atoms with E-state index in [9.17, 15) is 0 Å². The molecular weight excluding hydrogens is 144 g/mol. The topological polar surface area (TPSA) is 67.5 Å². The van der Waals surface area contributed by atoms with Crippen LogP contribution >= 0.6 is 0 Å². The number of ether oxygens (including phenoxy) is 1. The Labute approximate surface area is 67.7 Å². The zero-order chi connectivity index (χ0) is 8.53. The van der Waals surface area contributed by atoms with E-state index in [1.165, 1.54) is 0 Å². The van der Waals surface area contributed by atoms with Crippen LogP contribution in [0.1, 0.15) is 6.42 Å². The van der Waals surface area contributed by atoms with Gasteiger partial charge >= 0.3 is 0 Å². The number of likely N-dealkylation sites (N-methyl/N-ethyl adjacent to an activating group) is 1. The van der Waals surface area contributed by atoms with Gasteiger partial charge in [-0.1, -0.05) is 0 Å². The lowest BCUT2D eigenvalue weighted by atomic mass is 10.4. The van der Waals surface area contributed by atoms with Crippen molar-refractivity contribution in [1.82, 2.24) is 5.32 Å². The van der Waals surface area contributed by atoms with Crippen molar-refractivity contribution in [2.45, 2.75) is 12.5 Å². The first-order valence-electron chi connectivity index (χ1n) is 3.91. The number of aliphatic hydroxyl groups is 1. The third-order valence-electron chi connectivity index (χ3n) is 1.24. The van der Waals surface area contributed by atoms with E-state index in [1.54, 1.807) is 7.05 Å². The molecule has 0 radical (unpaired) electrons. The van der Waals surface area contributed by atoms with Crippen LogP contribution in [0.25, 0.3) is 0 Å². The summed E-state index contributed by atoms with van der Waals surface area (Å²) in [5.41, 5.74) is 5.25. The van der Waals surface area contributed by atoms with Crippen LogP contribution in [-0.2, 0) is 4.74 Å². The van der Waals surface area contributed by atoms with Crippen molar-refractivity contribution in [1.29, 1.82) is 0 Å². The average molecular weight is 162 g/mol. The van der Waals surface area contributed by atoms with Crippen LogP contribution in [-0.4, -0.2) is 44.6 Å². The van der Waals surface area contributed by atoms with E-state index in [1.807, 2.05) is 0 Å². The monoisotopic (exact) mass is 162 g/mol. The Hall–Kier alpha value is -0.160. The Morgan fingerprint density at radius 3 is 2.91 bits per heavy atom. The maximum atomic E-state index is 9.13. The van der Waals surface area contributed by atoms with E-state index < -0.39 is 6.10 Å². The van der Waals surface area contributed by atoms with Gasteiger partial charge in [-0.3, -0.25) is 0 Å². The van der Waals surface area contributed by atoms with E-state index in [0.29, 0.717) is 26.3 Å². The van der Waals surface area contributed by atoms with Crippen LogP contribution in [0.15, 0.2) is 0 Å². The van der Waals surface area contributed by atoms with E-state index >= 15 is 0 Å². The molecule has 4 nitrogen and oxygen atoms in total. The molecule has 4 N–H and O–H groups in total. The van der Waals surface area contributed by atoms with Gasteiger partial charge in [-0.2, -0.15) is 0 Å². The fraction of sp³-hybridized carbons (Fsp3) is 1.00. The molecule has 0 saturated carbocycles. The van der Waals surface area contributed by atoms with E-state index in [0.717, 1.165) is 6.42 Å². The van der Waals surface area contributed by atoms with Gasteiger partial charge in [0.05, 0.1) is 12.7 Å². The Bertz CT molecular complexity index is 80.8. The van der Waals surface area contributed by atoms with Crippen LogP contribution in [0.2, 0.25) is 0 Å². The quantitative estimate of drug-likeness (QED) is 0.417. The summed E-state index contributed by atoms with van der Waals surface area (Å²) in [7, 11) is 1.79. The summed E-state index contributed by atoms with van der Waals surface area (Å²) < 4.78 is 5.12. The van der Waals surface area contributed by atoms with E-state index in [4.69, 9.17) is 15.6 Å². The first-order valence-corrected chi connectivity index (χ1v) is 3.91.